The molecule has 0 atom stereocenters. The van der Waals surface area contributed by atoms with E-state index in [1.54, 1.807) is 13.2 Å². The summed E-state index contributed by atoms with van der Waals surface area (Å²) in [6, 6.07) is 8.94. The summed E-state index contributed by atoms with van der Waals surface area (Å²) in [5.74, 6) is -0.467. The average molecular weight is 328 g/mol. The Morgan fingerprint density at radius 1 is 1.11 bits per heavy atom. The van der Waals surface area contributed by atoms with Crippen LogP contribution >= 0.6 is 15.9 Å². The molecule has 0 radical (unpaired) electrons. The molecule has 2 aromatic rings. The number of methoxy groups -OCH3 is 1. The lowest BCUT2D eigenvalue weighted by Crippen LogP contribution is -2.01. The topological polar surface area (TPSA) is 21.3 Å². The number of nitrogens with one attached hydrogen (secondary N) is 1. The molecule has 0 amide bonds. The summed E-state index contributed by atoms with van der Waals surface area (Å²) in [6.45, 7) is 0.333. The molecular weight excluding hydrogens is 316 g/mol. The highest BCUT2D eigenvalue weighted by atomic mass is 79.9. The zero-order valence-corrected chi connectivity index (χ0v) is 11.8. The van der Waals surface area contributed by atoms with E-state index in [0.717, 1.165) is 16.2 Å². The van der Waals surface area contributed by atoms with E-state index in [9.17, 15) is 8.78 Å². The molecule has 100 valence electrons. The maximum atomic E-state index is 13.0. The smallest absolute Gasteiger partial charge is 0.135 e. The molecule has 5 heteroatoms. The van der Waals surface area contributed by atoms with Gasteiger partial charge in [0.2, 0.25) is 0 Å². The first-order chi connectivity index (χ1) is 9.08. The molecule has 0 aromatic heterocycles. The van der Waals surface area contributed by atoms with E-state index in [-0.39, 0.29) is 0 Å². The normalized spacial score (nSPS) is 10.3. The maximum absolute atomic E-state index is 13.0. The van der Waals surface area contributed by atoms with Crippen molar-refractivity contribution in [2.24, 2.45) is 0 Å². The minimum Gasteiger partial charge on any atom is -0.495 e. The lowest BCUT2D eigenvalue weighted by atomic mass is 10.2. The van der Waals surface area contributed by atoms with Crippen LogP contribution in [0, 0.1) is 11.6 Å². The number of hydrogen-bond acceptors (Lipinski definition) is 2. The van der Waals surface area contributed by atoms with Gasteiger partial charge in [-0.25, -0.2) is 8.78 Å². The van der Waals surface area contributed by atoms with Crippen LogP contribution in [-0.4, -0.2) is 7.11 Å². The molecule has 2 rings (SSSR count). The fourth-order valence-electron chi connectivity index (χ4n) is 1.69. The lowest BCUT2D eigenvalue weighted by molar-refractivity contribution is 0.412. The third-order valence-electron chi connectivity index (χ3n) is 2.57. The first-order valence-electron chi connectivity index (χ1n) is 5.61. The Hall–Kier alpha value is -1.62. The largest absolute Gasteiger partial charge is 0.495 e. The Balaban J connectivity index is 2.10. The van der Waals surface area contributed by atoms with Gasteiger partial charge in [-0.2, -0.15) is 0 Å². The van der Waals surface area contributed by atoms with E-state index in [4.69, 9.17) is 4.74 Å². The molecule has 19 heavy (non-hydrogen) atoms. The molecule has 0 bridgehead atoms. The quantitative estimate of drug-likeness (QED) is 0.901. The molecule has 2 nitrogen and oxygen atoms in total. The van der Waals surface area contributed by atoms with Crippen molar-refractivity contribution in [3.05, 3.63) is 58.1 Å². The van der Waals surface area contributed by atoms with E-state index in [1.165, 1.54) is 12.1 Å². The van der Waals surface area contributed by atoms with Gasteiger partial charge in [-0.3, -0.25) is 0 Å². The van der Waals surface area contributed by atoms with Gasteiger partial charge in [0.1, 0.15) is 17.4 Å². The van der Waals surface area contributed by atoms with Gasteiger partial charge in [-0.1, -0.05) is 0 Å². The summed E-state index contributed by atoms with van der Waals surface area (Å²) in [6.07, 6.45) is 0. The first kappa shape index (κ1) is 13.8. The van der Waals surface area contributed by atoms with Crippen molar-refractivity contribution < 1.29 is 13.5 Å². The lowest BCUT2D eigenvalue weighted by Gasteiger charge is -2.09. The number of benzene rings is 2. The molecule has 0 heterocycles. The predicted octanol–water partition coefficient (Wildman–Crippen LogP) is 4.35. The third kappa shape index (κ3) is 3.67. The summed E-state index contributed by atoms with van der Waals surface area (Å²) in [4.78, 5) is 0. The molecule has 0 aliphatic rings. The standard InChI is InChI=1S/C14H12BrF2NO/c1-19-14-7-12(2-3-13(14)15)18-8-9-4-10(16)6-11(17)5-9/h2-7,18H,8H2,1H3. The van der Waals surface area contributed by atoms with Gasteiger partial charge in [-0.15, -0.1) is 0 Å². The van der Waals surface area contributed by atoms with Crippen molar-refractivity contribution in [1.82, 2.24) is 0 Å². The number of anilines is 1. The van der Waals surface area contributed by atoms with Crippen LogP contribution in [0.2, 0.25) is 0 Å². The van der Waals surface area contributed by atoms with Gasteiger partial charge in [0.25, 0.3) is 0 Å². The van der Waals surface area contributed by atoms with Gasteiger partial charge >= 0.3 is 0 Å². The van der Waals surface area contributed by atoms with Gasteiger partial charge < -0.3 is 10.1 Å². The first-order valence-corrected chi connectivity index (χ1v) is 6.40. The zero-order valence-electron chi connectivity index (χ0n) is 10.2. The van der Waals surface area contributed by atoms with Crippen molar-refractivity contribution >= 4 is 21.6 Å². The van der Waals surface area contributed by atoms with Gasteiger partial charge in [-0.05, 0) is 45.8 Å². The molecule has 0 spiro atoms. The Kier molecular flexibility index (Phi) is 4.37. The van der Waals surface area contributed by atoms with Crippen LogP contribution in [0.5, 0.6) is 5.75 Å². The fraction of sp³-hybridized carbons (Fsp3) is 0.143. The van der Waals surface area contributed by atoms with Gasteiger partial charge in [0, 0.05) is 24.4 Å². The maximum Gasteiger partial charge on any atom is 0.135 e. The van der Waals surface area contributed by atoms with Crippen LogP contribution in [0.15, 0.2) is 40.9 Å². The van der Waals surface area contributed by atoms with E-state index in [0.29, 0.717) is 17.9 Å². The highest BCUT2D eigenvalue weighted by molar-refractivity contribution is 9.10. The second-order valence-electron chi connectivity index (χ2n) is 3.98. The van der Waals surface area contributed by atoms with Crippen LogP contribution in [0.1, 0.15) is 5.56 Å². The molecule has 0 aliphatic heterocycles. The van der Waals surface area contributed by atoms with Crippen LogP contribution in [0.3, 0.4) is 0 Å². The molecule has 0 fully saturated rings. The number of ether oxygens (including phenoxy) is 1. The van der Waals surface area contributed by atoms with Gasteiger partial charge in [0.05, 0.1) is 11.6 Å². The minimum absolute atomic E-state index is 0.333. The van der Waals surface area contributed by atoms with E-state index in [1.807, 2.05) is 12.1 Å². The van der Waals surface area contributed by atoms with E-state index >= 15 is 0 Å². The summed E-state index contributed by atoms with van der Waals surface area (Å²) >= 11 is 3.35. The minimum atomic E-state index is -0.579. The highest BCUT2D eigenvalue weighted by Gasteiger charge is 2.03. The Morgan fingerprint density at radius 3 is 2.42 bits per heavy atom. The second kappa shape index (κ2) is 6.02. The van der Waals surface area contributed by atoms with Crippen LogP contribution in [0.25, 0.3) is 0 Å². The van der Waals surface area contributed by atoms with Crippen LogP contribution in [-0.2, 0) is 6.54 Å². The molecule has 1 N–H and O–H groups in total. The molecule has 0 saturated carbocycles. The summed E-state index contributed by atoms with van der Waals surface area (Å²) in [5, 5.41) is 3.08. The predicted molar refractivity (Wildman–Crippen MR) is 74.4 cm³/mol. The number of hydrogen-bond donors (Lipinski definition) is 1. The number of rotatable bonds is 4. The van der Waals surface area contributed by atoms with Crippen molar-refractivity contribution in [3.8, 4) is 5.75 Å². The zero-order chi connectivity index (χ0) is 13.8. The van der Waals surface area contributed by atoms with E-state index in [2.05, 4.69) is 21.2 Å². The second-order valence-corrected chi connectivity index (χ2v) is 4.83. The molecule has 0 saturated heterocycles. The van der Waals surface area contributed by atoms with Crippen molar-refractivity contribution in [2.75, 3.05) is 12.4 Å². The summed E-state index contributed by atoms with van der Waals surface area (Å²) in [7, 11) is 1.58. The highest BCUT2D eigenvalue weighted by Crippen LogP contribution is 2.28. The number of halogens is 3. The molecule has 0 aliphatic carbocycles. The van der Waals surface area contributed by atoms with E-state index < -0.39 is 11.6 Å². The Bertz CT molecular complexity index is 569. The van der Waals surface area contributed by atoms with Crippen LogP contribution in [0.4, 0.5) is 14.5 Å². The fourth-order valence-corrected chi connectivity index (χ4v) is 2.10. The molecule has 0 unspecified atom stereocenters. The average Bonchev–Trinajstić information content (AvgIpc) is 2.36. The van der Waals surface area contributed by atoms with Crippen molar-refractivity contribution in [1.29, 1.82) is 0 Å². The Labute approximate surface area is 118 Å². The molecule has 2 aromatic carbocycles. The van der Waals surface area contributed by atoms with Crippen LogP contribution < -0.4 is 10.1 Å². The SMILES string of the molecule is COc1cc(NCc2cc(F)cc(F)c2)ccc1Br. The summed E-state index contributed by atoms with van der Waals surface area (Å²) < 4.78 is 32.1. The Morgan fingerprint density at radius 2 is 1.79 bits per heavy atom. The van der Waals surface area contributed by atoms with Crippen molar-refractivity contribution in [3.63, 3.8) is 0 Å². The monoisotopic (exact) mass is 327 g/mol. The summed E-state index contributed by atoms with van der Waals surface area (Å²) in [5.41, 5.74) is 1.35. The van der Waals surface area contributed by atoms with Crippen molar-refractivity contribution in [2.45, 2.75) is 6.54 Å². The third-order valence-corrected chi connectivity index (χ3v) is 3.23. The van der Waals surface area contributed by atoms with Gasteiger partial charge in [0.15, 0.2) is 0 Å². The molecular formula is C14H12BrF2NO.